The molecule has 0 aromatic rings. The number of rotatable bonds is 3. The van der Waals surface area contributed by atoms with E-state index in [9.17, 15) is 0 Å². The van der Waals surface area contributed by atoms with Gasteiger partial charge in [0.2, 0.25) is 0 Å². The zero-order valence-electron chi connectivity index (χ0n) is 11.6. The number of hydrogen-bond donors (Lipinski definition) is 0. The van der Waals surface area contributed by atoms with Gasteiger partial charge in [0.25, 0.3) is 0 Å². The molecule has 17 heavy (non-hydrogen) atoms. The van der Waals surface area contributed by atoms with Gasteiger partial charge < -0.3 is 14.9 Å². The first-order valence-electron chi connectivity index (χ1n) is 6.05. The van der Waals surface area contributed by atoms with E-state index in [4.69, 9.17) is 9.39 Å². The van der Waals surface area contributed by atoms with E-state index in [0.29, 0.717) is 5.41 Å². The van der Waals surface area contributed by atoms with Crippen LogP contribution in [0.4, 0.5) is 0 Å². The Balaban J connectivity index is 0.00000144. The van der Waals surface area contributed by atoms with Crippen LogP contribution in [0, 0.1) is 10.8 Å². The Labute approximate surface area is 105 Å². The number of hydrogen-bond acceptors (Lipinski definition) is 2. The molecule has 0 unspecified atom stereocenters. The lowest BCUT2D eigenvalue weighted by atomic mass is 9.60. The van der Waals surface area contributed by atoms with Crippen molar-refractivity contribution in [3.8, 4) is 0 Å². The van der Waals surface area contributed by atoms with Crippen LogP contribution in [0.15, 0.2) is 11.5 Å². The normalized spacial score (nSPS) is 22.1. The summed E-state index contributed by atoms with van der Waals surface area (Å²) in [4.78, 5) is 0. The third-order valence-corrected chi connectivity index (χ3v) is 4.14. The minimum Gasteiger partial charge on any atom is -0.429 e. The SMILES string of the molecule is CC(C)(C)C(C)(C)O[B]C1=CC2(COC2)C1.O. The minimum absolute atomic E-state index is 0. The molecule has 1 radical (unpaired) electrons. The fourth-order valence-electron chi connectivity index (χ4n) is 1.80. The van der Waals surface area contributed by atoms with Crippen molar-refractivity contribution in [3.05, 3.63) is 11.5 Å². The third-order valence-electron chi connectivity index (χ3n) is 4.14. The first-order chi connectivity index (χ1) is 7.24. The van der Waals surface area contributed by atoms with Crippen molar-refractivity contribution in [2.24, 2.45) is 10.8 Å². The van der Waals surface area contributed by atoms with Crippen molar-refractivity contribution in [2.75, 3.05) is 13.2 Å². The van der Waals surface area contributed by atoms with Crippen molar-refractivity contribution in [3.63, 3.8) is 0 Å². The van der Waals surface area contributed by atoms with E-state index in [2.05, 4.69) is 40.7 Å². The minimum atomic E-state index is -0.132. The van der Waals surface area contributed by atoms with Crippen LogP contribution in [0.2, 0.25) is 0 Å². The lowest BCUT2D eigenvalue weighted by molar-refractivity contribution is -0.0918. The van der Waals surface area contributed by atoms with E-state index in [0.717, 1.165) is 19.6 Å². The van der Waals surface area contributed by atoms with Crippen LogP contribution >= 0.6 is 0 Å². The summed E-state index contributed by atoms with van der Waals surface area (Å²) in [6.07, 6.45) is 3.42. The van der Waals surface area contributed by atoms with Crippen molar-refractivity contribution < 1.29 is 14.9 Å². The Hall–Kier alpha value is -0.315. The van der Waals surface area contributed by atoms with Gasteiger partial charge in [0.05, 0.1) is 18.8 Å². The molecule has 1 spiro atoms. The molecular formula is C13H24BO3. The predicted octanol–water partition coefficient (Wildman–Crippen LogP) is 1.93. The Bertz CT molecular complexity index is 311. The average Bonchev–Trinajstić information content (AvgIpc) is 1.95. The van der Waals surface area contributed by atoms with Crippen molar-refractivity contribution in [2.45, 2.75) is 46.6 Å². The van der Waals surface area contributed by atoms with E-state index in [1.165, 1.54) is 5.47 Å². The molecule has 1 aliphatic heterocycles. The highest BCUT2D eigenvalue weighted by Gasteiger charge is 2.44. The van der Waals surface area contributed by atoms with Gasteiger partial charge in [-0.05, 0) is 25.7 Å². The molecule has 1 heterocycles. The molecule has 0 atom stereocenters. The second kappa shape index (κ2) is 4.41. The van der Waals surface area contributed by atoms with Gasteiger partial charge in [-0.25, -0.2) is 0 Å². The van der Waals surface area contributed by atoms with E-state index < -0.39 is 0 Å². The van der Waals surface area contributed by atoms with E-state index >= 15 is 0 Å². The predicted molar refractivity (Wildman–Crippen MR) is 69.9 cm³/mol. The molecule has 0 aromatic carbocycles. The lowest BCUT2D eigenvalue weighted by Gasteiger charge is -2.47. The van der Waals surface area contributed by atoms with Gasteiger partial charge in [0, 0.05) is 5.41 Å². The van der Waals surface area contributed by atoms with Gasteiger partial charge in [-0.3, -0.25) is 0 Å². The third kappa shape index (κ3) is 2.75. The molecule has 3 nitrogen and oxygen atoms in total. The molecular weight excluding hydrogens is 215 g/mol. The van der Waals surface area contributed by atoms with Crippen LogP contribution in [0.3, 0.4) is 0 Å². The average molecular weight is 239 g/mol. The summed E-state index contributed by atoms with van der Waals surface area (Å²) in [5.74, 6) is 0. The van der Waals surface area contributed by atoms with Gasteiger partial charge in [-0.1, -0.05) is 32.3 Å². The maximum absolute atomic E-state index is 5.93. The molecule has 2 N–H and O–H groups in total. The van der Waals surface area contributed by atoms with Crippen LogP contribution in [-0.4, -0.2) is 31.8 Å². The van der Waals surface area contributed by atoms with Crippen LogP contribution in [0.25, 0.3) is 0 Å². The topological polar surface area (TPSA) is 50.0 Å². The zero-order chi connectivity index (χ0) is 12.0. The second-order valence-electron chi connectivity index (χ2n) is 6.75. The quantitative estimate of drug-likeness (QED) is 0.706. The number of allylic oxidation sites excluding steroid dienone is 1. The van der Waals surface area contributed by atoms with Gasteiger partial charge >= 0.3 is 7.48 Å². The summed E-state index contributed by atoms with van der Waals surface area (Å²) in [5, 5.41) is 0. The summed E-state index contributed by atoms with van der Waals surface area (Å²) >= 11 is 0. The largest absolute Gasteiger partial charge is 0.429 e. The van der Waals surface area contributed by atoms with Crippen molar-refractivity contribution >= 4 is 7.48 Å². The van der Waals surface area contributed by atoms with Crippen molar-refractivity contribution in [1.82, 2.24) is 0 Å². The molecule has 0 amide bonds. The zero-order valence-corrected chi connectivity index (χ0v) is 11.6. The molecule has 97 valence electrons. The molecule has 1 aliphatic carbocycles. The smallest absolute Gasteiger partial charge is 0.326 e. The van der Waals surface area contributed by atoms with Crippen LogP contribution in [-0.2, 0) is 9.39 Å². The first-order valence-corrected chi connectivity index (χ1v) is 6.05. The molecule has 2 aliphatic rings. The highest BCUT2D eigenvalue weighted by Crippen LogP contribution is 2.45. The molecule has 4 heteroatoms. The highest BCUT2D eigenvalue weighted by molar-refractivity contribution is 6.38. The Morgan fingerprint density at radius 3 is 2.12 bits per heavy atom. The second-order valence-corrected chi connectivity index (χ2v) is 6.75. The maximum Gasteiger partial charge on any atom is 0.326 e. The van der Waals surface area contributed by atoms with E-state index in [1.54, 1.807) is 0 Å². The van der Waals surface area contributed by atoms with Crippen LogP contribution < -0.4 is 0 Å². The maximum atomic E-state index is 5.93. The summed E-state index contributed by atoms with van der Waals surface area (Å²) < 4.78 is 11.2. The molecule has 0 aromatic heterocycles. The highest BCUT2D eigenvalue weighted by atomic mass is 16.5. The van der Waals surface area contributed by atoms with Gasteiger partial charge in [-0.15, -0.1) is 0 Å². The van der Waals surface area contributed by atoms with Gasteiger partial charge in [0.15, 0.2) is 0 Å². The van der Waals surface area contributed by atoms with E-state index in [-0.39, 0.29) is 16.5 Å². The molecule has 0 bridgehead atoms. The first kappa shape index (κ1) is 14.7. The van der Waals surface area contributed by atoms with Gasteiger partial charge in [-0.2, -0.15) is 0 Å². The monoisotopic (exact) mass is 239 g/mol. The summed E-state index contributed by atoms with van der Waals surface area (Å²) in [6.45, 7) is 12.7. The molecule has 1 fully saturated rings. The van der Waals surface area contributed by atoms with Gasteiger partial charge in [0.1, 0.15) is 0 Å². The summed E-state index contributed by atoms with van der Waals surface area (Å²) in [5.41, 5.74) is 1.71. The molecule has 2 rings (SSSR count). The Morgan fingerprint density at radius 2 is 1.76 bits per heavy atom. The Morgan fingerprint density at radius 1 is 1.24 bits per heavy atom. The molecule has 0 saturated carbocycles. The summed E-state index contributed by atoms with van der Waals surface area (Å²) in [7, 11) is 1.94. The fourth-order valence-corrected chi connectivity index (χ4v) is 1.80. The summed E-state index contributed by atoms with van der Waals surface area (Å²) in [6, 6.07) is 0. The standard InChI is InChI=1S/C13H22BO2.H2O/c1-11(2,3)12(4,5)16-14-10-6-13(7-10)8-15-9-13;/h6H,7-9H2,1-5H3;1H2. The van der Waals surface area contributed by atoms with Crippen LogP contribution in [0.1, 0.15) is 41.0 Å². The lowest BCUT2D eigenvalue weighted by Crippen LogP contribution is -2.48. The number of ether oxygens (including phenoxy) is 1. The van der Waals surface area contributed by atoms with E-state index in [1.807, 2.05) is 7.48 Å². The van der Waals surface area contributed by atoms with Crippen LogP contribution in [0.5, 0.6) is 0 Å². The Kier molecular flexibility index (Phi) is 3.83. The van der Waals surface area contributed by atoms with Crippen molar-refractivity contribution in [1.29, 1.82) is 0 Å². The molecule has 1 saturated heterocycles. The fraction of sp³-hybridized carbons (Fsp3) is 0.846.